The zero-order chi connectivity index (χ0) is 28.8. The number of hydrogen-bond acceptors (Lipinski definition) is 6. The molecule has 11 heteroatoms. The van der Waals surface area contributed by atoms with Gasteiger partial charge in [0, 0.05) is 35.3 Å². The van der Waals surface area contributed by atoms with Crippen molar-refractivity contribution in [3.63, 3.8) is 0 Å². The van der Waals surface area contributed by atoms with E-state index in [9.17, 15) is 22.8 Å². The Morgan fingerprint density at radius 1 is 0.805 bits per heavy atom. The summed E-state index contributed by atoms with van der Waals surface area (Å²) in [5.41, 5.74) is 1.57. The van der Waals surface area contributed by atoms with Crippen LogP contribution in [-0.2, 0) is 11.0 Å². The summed E-state index contributed by atoms with van der Waals surface area (Å²) < 4.78 is 44.8. The molecule has 0 unspecified atom stereocenters. The molecule has 0 radical (unpaired) electrons. The molecule has 0 aliphatic carbocycles. The number of alkyl halides is 3. The van der Waals surface area contributed by atoms with Crippen LogP contribution in [0.1, 0.15) is 21.5 Å². The fourth-order valence-corrected chi connectivity index (χ4v) is 3.83. The average molecular weight is 556 g/mol. The number of aromatic nitrogens is 3. The molecule has 0 aliphatic rings. The van der Waals surface area contributed by atoms with Crippen LogP contribution < -0.4 is 10.6 Å². The molecule has 3 aromatic carbocycles. The van der Waals surface area contributed by atoms with Crippen molar-refractivity contribution in [2.24, 2.45) is 0 Å². The van der Waals surface area contributed by atoms with E-state index in [2.05, 4.69) is 25.8 Å². The molecule has 0 fully saturated rings. The summed E-state index contributed by atoms with van der Waals surface area (Å²) in [5, 5.41) is 13.5. The molecule has 0 aliphatic heterocycles. The highest BCUT2D eigenvalue weighted by atomic mass is 19.4. The van der Waals surface area contributed by atoms with Gasteiger partial charge in [0.15, 0.2) is 0 Å². The van der Waals surface area contributed by atoms with E-state index in [1.165, 1.54) is 24.3 Å². The second-order valence-electron chi connectivity index (χ2n) is 8.67. The molecule has 2 amide bonds. The van der Waals surface area contributed by atoms with Crippen LogP contribution in [0.2, 0.25) is 0 Å². The average Bonchev–Trinajstić information content (AvgIpc) is 3.47. The number of nitrogens with one attached hydrogen (secondary N) is 2. The fraction of sp³-hybridized carbons (Fsp3) is 0.0333. The minimum Gasteiger partial charge on any atom is -0.416 e. The zero-order valence-corrected chi connectivity index (χ0v) is 21.1. The van der Waals surface area contributed by atoms with E-state index in [0.29, 0.717) is 34.0 Å². The first kappa shape index (κ1) is 27.0. The number of pyridine rings is 1. The van der Waals surface area contributed by atoms with Gasteiger partial charge >= 0.3 is 6.18 Å². The summed E-state index contributed by atoms with van der Waals surface area (Å²) in [5.74, 6) is -0.603. The van der Waals surface area contributed by atoms with Gasteiger partial charge in [-0.25, -0.2) is 0 Å². The van der Waals surface area contributed by atoms with Crippen molar-refractivity contribution in [2.75, 3.05) is 10.6 Å². The van der Waals surface area contributed by atoms with E-state index in [1.807, 2.05) is 0 Å². The number of hydrogen-bond donors (Lipinski definition) is 2. The summed E-state index contributed by atoms with van der Waals surface area (Å²) in [6.45, 7) is 0. The molecule has 41 heavy (non-hydrogen) atoms. The van der Waals surface area contributed by atoms with Gasteiger partial charge in [-0.3, -0.25) is 14.6 Å². The van der Waals surface area contributed by atoms with Crippen LogP contribution >= 0.6 is 0 Å². The number of carbonyl (C=O) groups excluding carboxylic acids is 2. The zero-order valence-electron chi connectivity index (χ0n) is 21.1. The van der Waals surface area contributed by atoms with E-state index < -0.39 is 23.6 Å². The quantitative estimate of drug-likeness (QED) is 0.216. The highest BCUT2D eigenvalue weighted by Crippen LogP contribution is 2.30. The molecule has 2 aromatic heterocycles. The van der Waals surface area contributed by atoms with E-state index >= 15 is 0 Å². The maximum absolute atomic E-state index is 13.0. The molecule has 8 nitrogen and oxygen atoms in total. The highest BCUT2D eigenvalue weighted by molar-refractivity contribution is 6.05. The summed E-state index contributed by atoms with van der Waals surface area (Å²) in [4.78, 5) is 29.2. The van der Waals surface area contributed by atoms with Gasteiger partial charge in [0.1, 0.15) is 0 Å². The van der Waals surface area contributed by atoms with Gasteiger partial charge in [0.25, 0.3) is 5.91 Å². The fourth-order valence-electron chi connectivity index (χ4n) is 3.83. The minimum atomic E-state index is -4.56. The molecule has 0 bridgehead atoms. The Labute approximate surface area is 231 Å². The van der Waals surface area contributed by atoms with Crippen LogP contribution in [0.25, 0.3) is 29.0 Å². The number of halogens is 3. The maximum Gasteiger partial charge on any atom is 0.416 e. The van der Waals surface area contributed by atoms with Gasteiger partial charge in [0.05, 0.1) is 16.8 Å². The van der Waals surface area contributed by atoms with Crippen LogP contribution in [0, 0.1) is 0 Å². The van der Waals surface area contributed by atoms with Crippen molar-refractivity contribution in [3.8, 4) is 22.9 Å². The largest absolute Gasteiger partial charge is 0.416 e. The Kier molecular flexibility index (Phi) is 7.68. The lowest BCUT2D eigenvalue weighted by Crippen LogP contribution is -2.14. The van der Waals surface area contributed by atoms with Crippen LogP contribution in [0.4, 0.5) is 24.5 Å². The lowest BCUT2D eigenvalue weighted by atomic mass is 10.1. The number of rotatable bonds is 7. The maximum atomic E-state index is 13.0. The molecular weight excluding hydrogens is 535 g/mol. The second kappa shape index (κ2) is 11.7. The molecule has 5 rings (SSSR count). The van der Waals surface area contributed by atoms with Gasteiger partial charge in [-0.15, -0.1) is 10.2 Å². The smallest absolute Gasteiger partial charge is 0.416 e. The van der Waals surface area contributed by atoms with E-state index in [0.717, 1.165) is 12.1 Å². The summed E-state index contributed by atoms with van der Waals surface area (Å²) >= 11 is 0. The predicted octanol–water partition coefficient (Wildman–Crippen LogP) is 6.72. The van der Waals surface area contributed by atoms with Crippen LogP contribution in [-0.4, -0.2) is 27.0 Å². The van der Waals surface area contributed by atoms with Gasteiger partial charge in [-0.05, 0) is 66.2 Å². The Bertz CT molecular complexity index is 1730. The third kappa shape index (κ3) is 6.71. The number of carbonyl (C=O) groups is 2. The molecule has 0 saturated heterocycles. The SMILES string of the molecule is O=C(C=Cc1cccc(NC(=O)c2cccc(C(F)(F)F)c2)c1)Nc1ccccc1-c1nnc(-c2ccncc2)o1. The van der Waals surface area contributed by atoms with Crippen LogP contribution in [0.5, 0.6) is 0 Å². The predicted molar refractivity (Wildman–Crippen MR) is 146 cm³/mol. The summed E-state index contributed by atoms with van der Waals surface area (Å²) in [6, 6.07) is 21.1. The lowest BCUT2D eigenvalue weighted by molar-refractivity contribution is -0.137. The first-order chi connectivity index (χ1) is 19.8. The monoisotopic (exact) mass is 555 g/mol. The van der Waals surface area contributed by atoms with Crippen molar-refractivity contribution < 1.29 is 27.2 Å². The highest BCUT2D eigenvalue weighted by Gasteiger charge is 2.30. The van der Waals surface area contributed by atoms with Crippen molar-refractivity contribution in [1.82, 2.24) is 15.2 Å². The standard InChI is InChI=1S/C30H20F3N5O3/c31-30(32,33)22-7-4-6-21(18-22)27(40)35-23-8-3-5-19(17-23)11-12-26(39)36-25-10-2-1-9-24(25)29-38-37-28(41-29)20-13-15-34-16-14-20/h1-18H,(H,35,40)(H,36,39). The second-order valence-corrected chi connectivity index (χ2v) is 8.67. The van der Waals surface area contributed by atoms with Gasteiger partial charge in [-0.2, -0.15) is 13.2 Å². The Morgan fingerprint density at radius 2 is 1.56 bits per heavy atom. The van der Waals surface area contributed by atoms with Crippen molar-refractivity contribution >= 4 is 29.3 Å². The normalized spacial score (nSPS) is 11.4. The molecular formula is C30H20F3N5O3. The third-order valence-corrected chi connectivity index (χ3v) is 5.79. The Morgan fingerprint density at radius 3 is 2.37 bits per heavy atom. The molecule has 204 valence electrons. The van der Waals surface area contributed by atoms with Gasteiger partial charge in [-0.1, -0.05) is 30.3 Å². The van der Waals surface area contributed by atoms with Crippen molar-refractivity contribution in [2.45, 2.75) is 6.18 Å². The van der Waals surface area contributed by atoms with E-state index in [4.69, 9.17) is 4.42 Å². The molecule has 0 spiro atoms. The van der Waals surface area contributed by atoms with E-state index in [1.54, 1.807) is 73.1 Å². The molecule has 2 N–H and O–H groups in total. The first-order valence-electron chi connectivity index (χ1n) is 12.2. The van der Waals surface area contributed by atoms with Gasteiger partial charge in [0.2, 0.25) is 17.7 Å². The summed E-state index contributed by atoms with van der Waals surface area (Å²) in [7, 11) is 0. The van der Waals surface area contributed by atoms with E-state index in [-0.39, 0.29) is 11.5 Å². The Balaban J connectivity index is 1.26. The number of anilines is 2. The van der Waals surface area contributed by atoms with Crippen molar-refractivity contribution in [1.29, 1.82) is 0 Å². The lowest BCUT2D eigenvalue weighted by Gasteiger charge is -2.10. The first-order valence-corrected chi connectivity index (χ1v) is 12.2. The molecule has 0 atom stereocenters. The van der Waals surface area contributed by atoms with Crippen LogP contribution in [0.15, 0.2) is 108 Å². The summed E-state index contributed by atoms with van der Waals surface area (Å²) in [6.07, 6.45) is 1.50. The minimum absolute atomic E-state index is 0.132. The van der Waals surface area contributed by atoms with Crippen molar-refractivity contribution in [3.05, 3.63) is 120 Å². The topological polar surface area (TPSA) is 110 Å². The molecule has 5 aromatic rings. The number of para-hydroxylation sites is 1. The number of nitrogens with zero attached hydrogens (tertiary/aromatic N) is 3. The van der Waals surface area contributed by atoms with Crippen LogP contribution in [0.3, 0.4) is 0 Å². The number of benzene rings is 3. The number of amides is 2. The molecule has 2 heterocycles. The Hall–Kier alpha value is -5.58. The third-order valence-electron chi connectivity index (χ3n) is 5.79. The van der Waals surface area contributed by atoms with Gasteiger partial charge < -0.3 is 15.1 Å². The molecule has 0 saturated carbocycles.